The topological polar surface area (TPSA) is 44.3 Å². The summed E-state index contributed by atoms with van der Waals surface area (Å²) < 4.78 is 1.82. The summed E-state index contributed by atoms with van der Waals surface area (Å²) >= 11 is 0. The minimum Gasteiger partial charge on any atom is -0.240 e. The van der Waals surface area contributed by atoms with Gasteiger partial charge in [-0.05, 0) is 18.2 Å². The van der Waals surface area contributed by atoms with E-state index in [2.05, 4.69) is 15.6 Å². The Morgan fingerprint density at radius 3 is 2.69 bits per heavy atom. The van der Waals surface area contributed by atoms with E-state index in [1.54, 1.807) is 12.4 Å². The zero-order valence-corrected chi connectivity index (χ0v) is 8.49. The monoisotopic (exact) mass is 209 g/mol. The molecule has 0 spiro atoms. The van der Waals surface area contributed by atoms with Crippen molar-refractivity contribution in [2.75, 3.05) is 0 Å². The fourth-order valence-corrected chi connectivity index (χ4v) is 1.56. The van der Waals surface area contributed by atoms with Gasteiger partial charge in [-0.25, -0.2) is 4.68 Å². The lowest BCUT2D eigenvalue weighted by molar-refractivity contribution is 0.880. The number of benzene rings is 1. The molecule has 1 aliphatic heterocycles. The van der Waals surface area contributed by atoms with Crippen molar-refractivity contribution < 1.29 is 0 Å². The molecule has 0 bridgehead atoms. The van der Waals surface area contributed by atoms with E-state index in [9.17, 15) is 0 Å². The highest BCUT2D eigenvalue weighted by Crippen LogP contribution is 2.10. The maximum atomic E-state index is 4.29. The predicted octanol–water partition coefficient (Wildman–Crippen LogP) is 1.71. The zero-order valence-electron chi connectivity index (χ0n) is 8.49. The summed E-state index contributed by atoms with van der Waals surface area (Å²) in [6, 6.07) is 9.97. The molecule has 1 aliphatic rings. The predicted molar refractivity (Wildman–Crippen MR) is 61.4 cm³/mol. The van der Waals surface area contributed by atoms with Crippen LogP contribution in [0.3, 0.4) is 0 Å². The maximum absolute atomic E-state index is 4.29. The van der Waals surface area contributed by atoms with Gasteiger partial charge < -0.3 is 0 Å². The first-order valence-corrected chi connectivity index (χ1v) is 4.98. The number of para-hydroxylation sites is 1. The summed E-state index contributed by atoms with van der Waals surface area (Å²) in [5, 5.41) is 8.28. The molecule has 0 aliphatic carbocycles. The van der Waals surface area contributed by atoms with E-state index >= 15 is 0 Å². The molecule has 0 amide bonds. The Kier molecular flexibility index (Phi) is 2.04. The summed E-state index contributed by atoms with van der Waals surface area (Å²) in [4.78, 5) is 0. The van der Waals surface area contributed by atoms with Crippen molar-refractivity contribution >= 4 is 5.71 Å². The van der Waals surface area contributed by atoms with Crippen molar-refractivity contribution in [3.8, 4) is 5.69 Å². The number of rotatable bonds is 2. The summed E-state index contributed by atoms with van der Waals surface area (Å²) in [7, 11) is 0. The molecular formula is C12H9N4. The van der Waals surface area contributed by atoms with Gasteiger partial charge in [-0.15, -0.1) is 0 Å². The lowest BCUT2D eigenvalue weighted by Gasteiger charge is -1.98. The molecule has 77 valence electrons. The highest BCUT2D eigenvalue weighted by Gasteiger charge is 2.07. The molecule has 1 aromatic carbocycles. The Bertz CT molecular complexity index is 551. The van der Waals surface area contributed by atoms with Crippen LogP contribution in [-0.4, -0.2) is 15.5 Å². The fourth-order valence-electron chi connectivity index (χ4n) is 1.56. The van der Waals surface area contributed by atoms with Crippen molar-refractivity contribution in [2.45, 2.75) is 0 Å². The molecular weight excluding hydrogens is 200 g/mol. The Hall–Kier alpha value is -2.36. The van der Waals surface area contributed by atoms with Crippen LogP contribution in [0.5, 0.6) is 0 Å². The second kappa shape index (κ2) is 3.66. The lowest BCUT2D eigenvalue weighted by Crippen LogP contribution is -1.94. The van der Waals surface area contributed by atoms with Gasteiger partial charge in [-0.3, -0.25) is 0 Å². The van der Waals surface area contributed by atoms with Gasteiger partial charge in [-0.1, -0.05) is 18.2 Å². The van der Waals surface area contributed by atoms with Gasteiger partial charge in [0.25, 0.3) is 0 Å². The van der Waals surface area contributed by atoms with E-state index in [0.717, 1.165) is 17.0 Å². The fraction of sp³-hybridized carbons (Fsp3) is 0. The van der Waals surface area contributed by atoms with E-state index in [1.165, 1.54) is 0 Å². The molecule has 4 heteroatoms. The summed E-state index contributed by atoms with van der Waals surface area (Å²) in [6.07, 6.45) is 7.28. The third-order valence-corrected chi connectivity index (χ3v) is 2.36. The van der Waals surface area contributed by atoms with E-state index in [0.29, 0.717) is 0 Å². The second-order valence-electron chi connectivity index (χ2n) is 3.43. The molecule has 16 heavy (non-hydrogen) atoms. The summed E-state index contributed by atoms with van der Waals surface area (Å²) in [5.74, 6) is 0. The number of aromatic nitrogens is 2. The van der Waals surface area contributed by atoms with Gasteiger partial charge in [0.1, 0.15) is 0 Å². The van der Waals surface area contributed by atoms with Crippen molar-refractivity contribution in [3.63, 3.8) is 0 Å². The quantitative estimate of drug-likeness (QED) is 0.742. The van der Waals surface area contributed by atoms with Crippen LogP contribution in [0.15, 0.2) is 60.1 Å². The highest BCUT2D eigenvalue weighted by molar-refractivity contribution is 6.09. The van der Waals surface area contributed by atoms with Gasteiger partial charge in [0.15, 0.2) is 0 Å². The van der Waals surface area contributed by atoms with Gasteiger partial charge >= 0.3 is 0 Å². The van der Waals surface area contributed by atoms with Crippen molar-refractivity contribution in [2.24, 2.45) is 5.10 Å². The van der Waals surface area contributed by atoms with Crippen molar-refractivity contribution in [3.05, 3.63) is 60.6 Å². The number of hydrogen-bond acceptors (Lipinski definition) is 2. The second-order valence-corrected chi connectivity index (χ2v) is 3.43. The van der Waals surface area contributed by atoms with Crippen LogP contribution < -0.4 is 5.43 Å². The molecule has 4 nitrogen and oxygen atoms in total. The number of nitrogens with zero attached hydrogens (tertiary/aromatic N) is 4. The third-order valence-electron chi connectivity index (χ3n) is 2.36. The van der Waals surface area contributed by atoms with Crippen molar-refractivity contribution in [1.29, 1.82) is 0 Å². The molecule has 0 saturated carbocycles. The number of allylic oxidation sites excluding steroid dienone is 1. The van der Waals surface area contributed by atoms with Crippen LogP contribution in [-0.2, 0) is 0 Å². The van der Waals surface area contributed by atoms with Crippen LogP contribution in [0.1, 0.15) is 5.56 Å². The standard InChI is InChI=1S/C12H9N4/c1-2-4-11(5-3-1)16-9-10(8-14-16)12-6-7-13-15-12/h1-9H. The zero-order chi connectivity index (χ0) is 10.8. The van der Waals surface area contributed by atoms with Gasteiger partial charge in [-0.2, -0.15) is 15.6 Å². The van der Waals surface area contributed by atoms with E-state index in [1.807, 2.05) is 47.3 Å². The van der Waals surface area contributed by atoms with Crippen LogP contribution in [0.2, 0.25) is 0 Å². The molecule has 1 aromatic heterocycles. The van der Waals surface area contributed by atoms with Crippen LogP contribution in [0, 0.1) is 0 Å². The van der Waals surface area contributed by atoms with Gasteiger partial charge in [0.2, 0.25) is 0 Å². The van der Waals surface area contributed by atoms with E-state index < -0.39 is 0 Å². The summed E-state index contributed by atoms with van der Waals surface area (Å²) in [6.45, 7) is 0. The SMILES string of the molecule is C1=CC(c2cnn(-c3ccccc3)c2)=N[N]1. The molecule has 0 fully saturated rings. The summed E-state index contributed by atoms with van der Waals surface area (Å²) in [5.41, 5.74) is 6.65. The minimum absolute atomic E-state index is 0.849. The van der Waals surface area contributed by atoms with E-state index in [-0.39, 0.29) is 0 Å². The molecule has 2 aromatic rings. The number of hydrogen-bond donors (Lipinski definition) is 0. The van der Waals surface area contributed by atoms with Crippen LogP contribution in [0.4, 0.5) is 0 Å². The first kappa shape index (κ1) is 8.91. The Morgan fingerprint density at radius 1 is 1.06 bits per heavy atom. The molecule has 0 atom stereocenters. The molecule has 1 radical (unpaired) electrons. The Labute approximate surface area is 92.9 Å². The molecule has 0 saturated heterocycles. The molecule has 0 N–H and O–H groups in total. The minimum atomic E-state index is 0.849. The first-order chi connectivity index (χ1) is 7.93. The van der Waals surface area contributed by atoms with Crippen LogP contribution >= 0.6 is 0 Å². The normalized spacial score (nSPS) is 13.6. The molecule has 2 heterocycles. The lowest BCUT2D eigenvalue weighted by atomic mass is 10.2. The van der Waals surface area contributed by atoms with Crippen molar-refractivity contribution in [1.82, 2.24) is 15.2 Å². The molecule has 3 rings (SSSR count). The van der Waals surface area contributed by atoms with Crippen LogP contribution in [0.25, 0.3) is 5.69 Å². The van der Waals surface area contributed by atoms with Gasteiger partial charge in [0.05, 0.1) is 23.8 Å². The smallest absolute Gasteiger partial charge is 0.0976 e. The average Bonchev–Trinajstić information content (AvgIpc) is 3.01. The Morgan fingerprint density at radius 2 is 1.94 bits per heavy atom. The largest absolute Gasteiger partial charge is 0.240 e. The maximum Gasteiger partial charge on any atom is 0.0976 e. The Balaban J connectivity index is 1.97. The first-order valence-electron chi connectivity index (χ1n) is 4.98. The van der Waals surface area contributed by atoms with E-state index in [4.69, 9.17) is 0 Å². The molecule has 0 unspecified atom stereocenters. The highest BCUT2D eigenvalue weighted by atomic mass is 15.3. The third kappa shape index (κ3) is 1.50. The average molecular weight is 209 g/mol. The van der Waals surface area contributed by atoms with Gasteiger partial charge in [0, 0.05) is 11.8 Å².